The number of hydrogen-bond acceptors (Lipinski definition) is 8. The van der Waals surface area contributed by atoms with Crippen LogP contribution in [0.1, 0.15) is 35.3 Å². The summed E-state index contributed by atoms with van der Waals surface area (Å²) in [6.45, 7) is 2.24. The molecule has 0 saturated carbocycles. The first-order chi connectivity index (χ1) is 18.1. The van der Waals surface area contributed by atoms with E-state index in [9.17, 15) is 19.6 Å². The molecule has 3 N–H and O–H groups in total. The number of ether oxygens (including phenoxy) is 1. The normalized spacial score (nSPS) is 11.9. The number of carbonyl (C=O) groups is 1. The maximum atomic E-state index is 14.3. The summed E-state index contributed by atoms with van der Waals surface area (Å²) in [5.74, 6) is -0.255. The van der Waals surface area contributed by atoms with Crippen molar-refractivity contribution in [1.82, 2.24) is 19.9 Å². The molecule has 3 heterocycles. The number of nitriles is 2. The summed E-state index contributed by atoms with van der Waals surface area (Å²) >= 11 is 0. The number of nitrogens with one attached hydrogen (secondary N) is 2. The molecule has 0 fully saturated rings. The molecule has 10 nitrogen and oxygen atoms in total. The maximum absolute atomic E-state index is 14.3. The highest BCUT2D eigenvalue weighted by atomic mass is 19.1. The van der Waals surface area contributed by atoms with Gasteiger partial charge in [-0.2, -0.15) is 15.6 Å². The third-order valence-corrected chi connectivity index (χ3v) is 5.85. The molecule has 3 aromatic heterocycles. The van der Waals surface area contributed by atoms with E-state index < -0.39 is 24.2 Å². The highest BCUT2D eigenvalue weighted by molar-refractivity contribution is 6.00. The molecule has 38 heavy (non-hydrogen) atoms. The predicted molar refractivity (Wildman–Crippen MR) is 138 cm³/mol. The number of nitrogens with zero attached hydrogens (tertiary/aromatic N) is 5. The van der Waals surface area contributed by atoms with Crippen molar-refractivity contribution < 1.29 is 19.0 Å². The van der Waals surface area contributed by atoms with Crippen LogP contribution in [0.4, 0.5) is 15.8 Å². The number of alkyl halides is 1. The Morgan fingerprint density at radius 2 is 1.97 bits per heavy atom. The van der Waals surface area contributed by atoms with Crippen LogP contribution in [0.3, 0.4) is 0 Å². The van der Waals surface area contributed by atoms with E-state index in [2.05, 4.69) is 26.8 Å². The molecule has 1 unspecified atom stereocenters. The van der Waals surface area contributed by atoms with Crippen LogP contribution in [-0.4, -0.2) is 51.0 Å². The molecule has 4 aromatic rings. The zero-order valence-corrected chi connectivity index (χ0v) is 20.9. The van der Waals surface area contributed by atoms with Gasteiger partial charge in [-0.05, 0) is 50.2 Å². The zero-order valence-electron chi connectivity index (χ0n) is 20.9. The van der Waals surface area contributed by atoms with Crippen LogP contribution in [0.5, 0.6) is 5.75 Å². The van der Waals surface area contributed by atoms with Crippen LogP contribution in [-0.2, 0) is 0 Å². The monoisotopic (exact) mass is 513 g/mol. The number of rotatable bonds is 8. The van der Waals surface area contributed by atoms with E-state index in [0.717, 1.165) is 0 Å². The van der Waals surface area contributed by atoms with Crippen molar-refractivity contribution in [1.29, 1.82) is 10.5 Å². The van der Waals surface area contributed by atoms with Crippen molar-refractivity contribution >= 4 is 22.8 Å². The number of methoxy groups -OCH3 is 1. The third kappa shape index (κ3) is 5.38. The molecule has 0 radical (unpaired) electrons. The van der Waals surface area contributed by atoms with Crippen LogP contribution in [0.15, 0.2) is 54.9 Å². The molecule has 4 rings (SSSR count). The minimum absolute atomic E-state index is 0.126. The first-order valence-electron chi connectivity index (χ1n) is 11.5. The Bertz CT molecular complexity index is 1600. The zero-order chi connectivity index (χ0) is 27.4. The highest BCUT2D eigenvalue weighted by Gasteiger charge is 2.27. The lowest BCUT2D eigenvalue weighted by molar-refractivity contribution is -0.00177. The molecule has 0 saturated heterocycles. The van der Waals surface area contributed by atoms with Crippen LogP contribution in [0.25, 0.3) is 16.9 Å². The lowest BCUT2D eigenvalue weighted by Crippen LogP contribution is -2.42. The summed E-state index contributed by atoms with van der Waals surface area (Å²) in [5, 5.41) is 38.3. The first-order valence-corrected chi connectivity index (χ1v) is 11.5. The number of pyridine rings is 1. The van der Waals surface area contributed by atoms with Gasteiger partial charge in [-0.3, -0.25) is 9.78 Å². The Hall–Kier alpha value is -5.00. The summed E-state index contributed by atoms with van der Waals surface area (Å²) in [4.78, 5) is 17.5. The molecule has 192 valence electrons. The number of aromatic nitrogens is 3. The second-order valence-corrected chi connectivity index (χ2v) is 9.01. The average molecular weight is 514 g/mol. The van der Waals surface area contributed by atoms with Gasteiger partial charge in [0.2, 0.25) is 0 Å². The van der Waals surface area contributed by atoms with Gasteiger partial charge in [0, 0.05) is 18.0 Å². The lowest BCUT2D eigenvalue weighted by atomic mass is 10.0. The number of fused-ring (bicyclic) bond motifs is 1. The molecule has 1 aromatic carbocycles. The Kier molecular flexibility index (Phi) is 7.24. The number of amides is 1. The smallest absolute Gasteiger partial charge is 0.255 e. The molecule has 1 amide bonds. The minimum Gasteiger partial charge on any atom is -0.495 e. The summed E-state index contributed by atoms with van der Waals surface area (Å²) in [6, 6.07) is 15.9. The fourth-order valence-corrected chi connectivity index (χ4v) is 3.68. The Morgan fingerprint density at radius 1 is 1.18 bits per heavy atom. The van der Waals surface area contributed by atoms with E-state index >= 15 is 0 Å². The van der Waals surface area contributed by atoms with E-state index in [4.69, 9.17) is 10.00 Å². The van der Waals surface area contributed by atoms with Gasteiger partial charge >= 0.3 is 0 Å². The quantitative estimate of drug-likeness (QED) is 0.323. The fraction of sp³-hybridized carbons (Fsp3) is 0.222. The molecule has 0 aliphatic rings. The van der Waals surface area contributed by atoms with Gasteiger partial charge in [0.1, 0.15) is 24.1 Å². The first kappa shape index (κ1) is 26.1. The summed E-state index contributed by atoms with van der Waals surface area (Å²) < 4.78 is 21.2. The standard InChI is InChI=1S/C27H24FN7O3/c1-27(2,37)25(28)15-32-26(36)20-14-31-22(23-7-6-19-8-16(11-29)13-33-35(19)23)10-21(20)34-18-5-4-17(12-30)24(9-18)38-3/h4-10,13-14,25,37H,15H2,1-3H3,(H,31,34)(H,32,36). The van der Waals surface area contributed by atoms with E-state index in [0.29, 0.717) is 45.2 Å². The second kappa shape index (κ2) is 10.5. The number of aliphatic hydroxyl groups is 1. The summed E-state index contributed by atoms with van der Waals surface area (Å²) in [5.41, 5.74) is 1.92. The maximum Gasteiger partial charge on any atom is 0.255 e. The van der Waals surface area contributed by atoms with E-state index in [1.54, 1.807) is 47.0 Å². The second-order valence-electron chi connectivity index (χ2n) is 9.01. The number of carbonyl (C=O) groups excluding carboxylic acids is 1. The summed E-state index contributed by atoms with van der Waals surface area (Å²) in [6.07, 6.45) is 1.11. The van der Waals surface area contributed by atoms with Crippen LogP contribution < -0.4 is 15.4 Å². The molecular formula is C27H24FN7O3. The molecule has 0 aliphatic carbocycles. The molecule has 1 atom stereocenters. The SMILES string of the molecule is COc1cc(Nc2cc(-c3ccc4cc(C#N)cnn34)ncc2C(=O)NCC(F)C(C)(C)O)ccc1C#N. The Morgan fingerprint density at radius 3 is 2.66 bits per heavy atom. The van der Waals surface area contributed by atoms with Crippen molar-refractivity contribution in [2.45, 2.75) is 25.6 Å². The molecule has 0 bridgehead atoms. The molecule has 11 heteroatoms. The van der Waals surface area contributed by atoms with Crippen molar-refractivity contribution in [2.75, 3.05) is 19.0 Å². The van der Waals surface area contributed by atoms with Gasteiger partial charge in [-0.1, -0.05) is 0 Å². The van der Waals surface area contributed by atoms with Crippen LogP contribution in [0.2, 0.25) is 0 Å². The van der Waals surface area contributed by atoms with Gasteiger partial charge in [0.05, 0.1) is 64.7 Å². The van der Waals surface area contributed by atoms with Crippen LogP contribution in [0, 0.1) is 22.7 Å². The Balaban J connectivity index is 1.74. The largest absolute Gasteiger partial charge is 0.495 e. The van der Waals surface area contributed by atoms with Crippen molar-refractivity contribution in [2.24, 2.45) is 0 Å². The molecule has 0 spiro atoms. The Labute approximate surface area is 217 Å². The number of benzene rings is 1. The van der Waals surface area contributed by atoms with E-state index in [1.807, 2.05) is 6.07 Å². The van der Waals surface area contributed by atoms with E-state index in [1.165, 1.54) is 33.4 Å². The van der Waals surface area contributed by atoms with Gasteiger partial charge < -0.3 is 20.5 Å². The van der Waals surface area contributed by atoms with Gasteiger partial charge in [-0.15, -0.1) is 0 Å². The minimum atomic E-state index is -1.69. The molecular weight excluding hydrogens is 489 g/mol. The molecule has 0 aliphatic heterocycles. The van der Waals surface area contributed by atoms with Crippen molar-refractivity contribution in [3.63, 3.8) is 0 Å². The predicted octanol–water partition coefficient (Wildman–Crippen LogP) is 3.73. The topological polar surface area (TPSA) is 148 Å². The van der Waals surface area contributed by atoms with Gasteiger partial charge in [0.25, 0.3) is 5.91 Å². The number of anilines is 2. The fourth-order valence-electron chi connectivity index (χ4n) is 3.68. The van der Waals surface area contributed by atoms with Crippen molar-refractivity contribution in [3.8, 4) is 29.3 Å². The number of hydrogen-bond donors (Lipinski definition) is 3. The highest BCUT2D eigenvalue weighted by Crippen LogP contribution is 2.30. The van der Waals surface area contributed by atoms with Gasteiger partial charge in [-0.25, -0.2) is 8.91 Å². The van der Waals surface area contributed by atoms with Crippen molar-refractivity contribution in [3.05, 3.63) is 71.5 Å². The third-order valence-electron chi connectivity index (χ3n) is 5.85. The van der Waals surface area contributed by atoms with E-state index in [-0.39, 0.29) is 5.56 Å². The number of halogens is 1. The van der Waals surface area contributed by atoms with Gasteiger partial charge in [0.15, 0.2) is 0 Å². The average Bonchev–Trinajstić information content (AvgIpc) is 3.34. The van der Waals surface area contributed by atoms with Crippen LogP contribution >= 0.6 is 0 Å². The summed E-state index contributed by atoms with van der Waals surface area (Å²) in [7, 11) is 1.45. The lowest BCUT2D eigenvalue weighted by Gasteiger charge is -2.22.